The van der Waals surface area contributed by atoms with Crippen molar-refractivity contribution in [1.82, 2.24) is 5.32 Å². The van der Waals surface area contributed by atoms with Crippen molar-refractivity contribution in [2.45, 2.75) is 58.3 Å². The largest absolute Gasteiger partial charge is 0.481 e. The fourth-order valence-corrected chi connectivity index (χ4v) is 2.75. The van der Waals surface area contributed by atoms with Crippen LogP contribution in [0.2, 0.25) is 0 Å². The highest BCUT2D eigenvalue weighted by Gasteiger charge is 2.18. The molecule has 3 nitrogen and oxygen atoms in total. The van der Waals surface area contributed by atoms with Crippen molar-refractivity contribution in [3.05, 3.63) is 29.8 Å². The zero-order chi connectivity index (χ0) is 16.6. The summed E-state index contributed by atoms with van der Waals surface area (Å²) < 4.78 is 6.03. The number of thioether (sulfide) groups is 1. The van der Waals surface area contributed by atoms with Crippen LogP contribution in [0.15, 0.2) is 24.3 Å². The van der Waals surface area contributed by atoms with E-state index in [1.807, 2.05) is 43.0 Å². The SMILES string of the molecule is CCc1ccc(OC(CC)C(=O)NCCSC(C)(C)C)cc1. The number of carbonyl (C=O) groups excluding carboxylic acids is 1. The summed E-state index contributed by atoms with van der Waals surface area (Å²) >= 11 is 1.85. The second-order valence-electron chi connectivity index (χ2n) is 6.26. The molecule has 1 aromatic rings. The minimum absolute atomic E-state index is 0.0309. The Labute approximate surface area is 139 Å². The van der Waals surface area contributed by atoms with E-state index < -0.39 is 6.10 Å². The van der Waals surface area contributed by atoms with Gasteiger partial charge in [0.1, 0.15) is 5.75 Å². The van der Waals surface area contributed by atoms with Crippen molar-refractivity contribution in [3.63, 3.8) is 0 Å². The van der Waals surface area contributed by atoms with Crippen molar-refractivity contribution in [2.24, 2.45) is 0 Å². The van der Waals surface area contributed by atoms with Crippen molar-refractivity contribution < 1.29 is 9.53 Å². The van der Waals surface area contributed by atoms with Gasteiger partial charge in [-0.2, -0.15) is 11.8 Å². The van der Waals surface area contributed by atoms with Gasteiger partial charge in [-0.15, -0.1) is 0 Å². The summed E-state index contributed by atoms with van der Waals surface area (Å²) in [6.45, 7) is 11.3. The molecule has 124 valence electrons. The standard InChI is InChI=1S/C18H29NO2S/c1-6-14-8-10-15(11-9-14)21-16(7-2)17(20)19-12-13-22-18(3,4)5/h8-11,16H,6-7,12-13H2,1-5H3,(H,19,20). The van der Waals surface area contributed by atoms with E-state index in [1.165, 1.54) is 5.56 Å². The van der Waals surface area contributed by atoms with E-state index in [-0.39, 0.29) is 10.7 Å². The van der Waals surface area contributed by atoms with Gasteiger partial charge in [0, 0.05) is 17.0 Å². The minimum atomic E-state index is -0.424. The van der Waals surface area contributed by atoms with Gasteiger partial charge < -0.3 is 10.1 Å². The Morgan fingerprint density at radius 2 is 1.86 bits per heavy atom. The van der Waals surface area contributed by atoms with Crippen LogP contribution in [0.1, 0.15) is 46.6 Å². The maximum absolute atomic E-state index is 12.2. The minimum Gasteiger partial charge on any atom is -0.481 e. The number of benzene rings is 1. The van der Waals surface area contributed by atoms with Gasteiger partial charge in [0.25, 0.3) is 5.91 Å². The molecule has 1 aromatic carbocycles. The Balaban J connectivity index is 2.43. The number of carbonyl (C=O) groups is 1. The van der Waals surface area contributed by atoms with Gasteiger partial charge in [0.15, 0.2) is 6.10 Å². The second-order valence-corrected chi connectivity index (χ2v) is 8.19. The van der Waals surface area contributed by atoms with E-state index in [0.29, 0.717) is 13.0 Å². The number of nitrogens with one attached hydrogen (secondary N) is 1. The zero-order valence-corrected chi connectivity index (χ0v) is 15.3. The quantitative estimate of drug-likeness (QED) is 0.733. The van der Waals surface area contributed by atoms with Crippen LogP contribution in [-0.2, 0) is 11.2 Å². The number of hydrogen-bond donors (Lipinski definition) is 1. The summed E-state index contributed by atoms with van der Waals surface area (Å²) in [5.41, 5.74) is 1.27. The predicted octanol–water partition coefficient (Wildman–Crippen LogP) is 4.05. The molecule has 22 heavy (non-hydrogen) atoms. The molecule has 1 N–H and O–H groups in total. The molecule has 0 bridgehead atoms. The van der Waals surface area contributed by atoms with Gasteiger partial charge in [0.05, 0.1) is 0 Å². The van der Waals surface area contributed by atoms with Crippen molar-refractivity contribution >= 4 is 17.7 Å². The third kappa shape index (κ3) is 7.21. The van der Waals surface area contributed by atoms with E-state index in [0.717, 1.165) is 17.9 Å². The van der Waals surface area contributed by atoms with Crippen LogP contribution in [0, 0.1) is 0 Å². The zero-order valence-electron chi connectivity index (χ0n) is 14.4. The average molecular weight is 324 g/mol. The molecule has 0 saturated heterocycles. The first-order valence-corrected chi connectivity index (χ1v) is 9.01. The topological polar surface area (TPSA) is 38.3 Å². The smallest absolute Gasteiger partial charge is 0.261 e. The summed E-state index contributed by atoms with van der Waals surface area (Å²) in [6, 6.07) is 7.95. The number of ether oxygens (including phenoxy) is 1. The van der Waals surface area contributed by atoms with E-state index in [9.17, 15) is 4.79 Å². The molecule has 1 amide bonds. The van der Waals surface area contributed by atoms with Crippen LogP contribution in [-0.4, -0.2) is 29.1 Å². The highest BCUT2D eigenvalue weighted by molar-refractivity contribution is 8.00. The molecule has 0 aliphatic rings. The summed E-state index contributed by atoms with van der Waals surface area (Å²) in [7, 11) is 0. The van der Waals surface area contributed by atoms with Crippen LogP contribution >= 0.6 is 11.8 Å². The van der Waals surface area contributed by atoms with Gasteiger partial charge in [-0.3, -0.25) is 4.79 Å². The van der Waals surface area contributed by atoms with Crippen LogP contribution in [0.3, 0.4) is 0 Å². The van der Waals surface area contributed by atoms with Crippen LogP contribution in [0.4, 0.5) is 0 Å². The van der Waals surface area contributed by atoms with Gasteiger partial charge in [-0.1, -0.05) is 46.8 Å². The molecule has 0 heterocycles. The van der Waals surface area contributed by atoms with Crippen LogP contribution in [0.25, 0.3) is 0 Å². The third-order valence-corrected chi connectivity index (χ3v) is 4.48. The van der Waals surface area contributed by atoms with Gasteiger partial charge in [0.2, 0.25) is 0 Å². The molecule has 0 saturated carbocycles. The molecule has 0 aliphatic carbocycles. The first-order chi connectivity index (χ1) is 10.4. The van der Waals surface area contributed by atoms with Crippen molar-refractivity contribution in [2.75, 3.05) is 12.3 Å². The lowest BCUT2D eigenvalue weighted by atomic mass is 10.2. The Kier molecular flexibility index (Phi) is 7.80. The molecule has 0 radical (unpaired) electrons. The van der Waals surface area contributed by atoms with E-state index in [2.05, 4.69) is 33.0 Å². The molecule has 1 rings (SSSR count). The third-order valence-electron chi connectivity index (χ3n) is 3.21. The summed E-state index contributed by atoms with van der Waals surface area (Å²) in [6.07, 6.45) is 1.24. The molecule has 4 heteroatoms. The van der Waals surface area contributed by atoms with Gasteiger partial charge >= 0.3 is 0 Å². The summed E-state index contributed by atoms with van der Waals surface area (Å²) in [5.74, 6) is 1.64. The molecule has 1 unspecified atom stereocenters. The lowest BCUT2D eigenvalue weighted by Gasteiger charge is -2.19. The fraction of sp³-hybridized carbons (Fsp3) is 0.611. The molecule has 0 aromatic heterocycles. The molecular formula is C18H29NO2S. The lowest BCUT2D eigenvalue weighted by molar-refractivity contribution is -0.127. The highest BCUT2D eigenvalue weighted by Crippen LogP contribution is 2.22. The Morgan fingerprint density at radius 1 is 1.23 bits per heavy atom. The molecular weight excluding hydrogens is 294 g/mol. The molecule has 1 atom stereocenters. The number of hydrogen-bond acceptors (Lipinski definition) is 3. The summed E-state index contributed by atoms with van der Waals surface area (Å²) in [5, 5.41) is 2.96. The lowest BCUT2D eigenvalue weighted by Crippen LogP contribution is -2.39. The normalized spacial score (nSPS) is 12.8. The number of aryl methyl sites for hydroxylation is 1. The van der Waals surface area contributed by atoms with Gasteiger partial charge in [-0.25, -0.2) is 0 Å². The molecule has 0 spiro atoms. The highest BCUT2D eigenvalue weighted by atomic mass is 32.2. The van der Waals surface area contributed by atoms with E-state index in [1.54, 1.807) is 0 Å². The fourth-order valence-electron chi connectivity index (χ4n) is 1.94. The van der Waals surface area contributed by atoms with E-state index >= 15 is 0 Å². The first kappa shape index (κ1) is 18.9. The van der Waals surface area contributed by atoms with E-state index in [4.69, 9.17) is 4.74 Å². The molecule has 0 aliphatic heterocycles. The number of rotatable bonds is 8. The number of amides is 1. The summed E-state index contributed by atoms with van der Waals surface area (Å²) in [4.78, 5) is 12.2. The van der Waals surface area contributed by atoms with Crippen LogP contribution in [0.5, 0.6) is 5.75 Å². The molecule has 0 fully saturated rings. The van der Waals surface area contributed by atoms with Crippen molar-refractivity contribution in [3.8, 4) is 5.75 Å². The monoisotopic (exact) mass is 323 g/mol. The average Bonchev–Trinajstić information content (AvgIpc) is 2.48. The second kappa shape index (κ2) is 9.09. The maximum atomic E-state index is 12.2. The van der Waals surface area contributed by atoms with Crippen LogP contribution < -0.4 is 10.1 Å². The van der Waals surface area contributed by atoms with Gasteiger partial charge in [-0.05, 0) is 30.5 Å². The Hall–Kier alpha value is -1.16. The Bertz CT molecular complexity index is 451. The Morgan fingerprint density at radius 3 is 2.36 bits per heavy atom. The van der Waals surface area contributed by atoms with Crippen molar-refractivity contribution in [1.29, 1.82) is 0 Å². The maximum Gasteiger partial charge on any atom is 0.261 e. The first-order valence-electron chi connectivity index (χ1n) is 8.03. The predicted molar refractivity (Wildman–Crippen MR) is 95.7 cm³/mol.